The molecule has 1 fully saturated rings. The quantitative estimate of drug-likeness (QED) is 0.446. The highest BCUT2D eigenvalue weighted by atomic mass is 32.2. The summed E-state index contributed by atoms with van der Waals surface area (Å²) in [7, 11) is -7.44. The number of carbonyl (C=O) groups is 3. The summed E-state index contributed by atoms with van der Waals surface area (Å²) in [6.07, 6.45) is 3.85. The summed E-state index contributed by atoms with van der Waals surface area (Å²) in [6.45, 7) is -0.402. The number of pyridine rings is 1. The number of hydrogen-bond acceptors (Lipinski definition) is 9. The van der Waals surface area contributed by atoms with Crippen molar-refractivity contribution in [3.05, 3.63) is 48.6 Å². The van der Waals surface area contributed by atoms with E-state index in [1.165, 1.54) is 36.7 Å². The van der Waals surface area contributed by atoms with Crippen LogP contribution >= 0.6 is 0 Å². The van der Waals surface area contributed by atoms with Gasteiger partial charge in [-0.25, -0.2) is 21.8 Å². The van der Waals surface area contributed by atoms with Gasteiger partial charge in [0.2, 0.25) is 5.91 Å². The Bertz CT molecular complexity index is 1260. The van der Waals surface area contributed by atoms with E-state index in [2.05, 4.69) is 15.6 Å². The Morgan fingerprint density at radius 3 is 2.60 bits per heavy atom. The van der Waals surface area contributed by atoms with E-state index >= 15 is 0 Å². The lowest BCUT2D eigenvalue weighted by atomic mass is 10.1. The first-order chi connectivity index (χ1) is 16.5. The molecule has 1 aliphatic rings. The maximum absolute atomic E-state index is 12.9. The van der Waals surface area contributed by atoms with Gasteiger partial charge < -0.3 is 15.1 Å². The van der Waals surface area contributed by atoms with Crippen molar-refractivity contribution < 1.29 is 35.6 Å². The number of carbonyl (C=O) groups excluding carboxylic acids is 3. The zero-order valence-corrected chi connectivity index (χ0v) is 20.5. The van der Waals surface area contributed by atoms with Crippen LogP contribution < -0.4 is 10.6 Å². The molecule has 35 heavy (non-hydrogen) atoms. The zero-order chi connectivity index (χ0) is 25.6. The van der Waals surface area contributed by atoms with Gasteiger partial charge in [0.15, 0.2) is 16.6 Å². The second-order valence-electron chi connectivity index (χ2n) is 8.10. The topological polar surface area (TPSA) is 173 Å². The van der Waals surface area contributed by atoms with E-state index in [9.17, 15) is 31.2 Å². The van der Waals surface area contributed by atoms with Gasteiger partial charge in [-0.1, -0.05) is 6.07 Å². The summed E-state index contributed by atoms with van der Waals surface area (Å²) in [4.78, 5) is 42.0. The smallest absolute Gasteiger partial charge is 0.287 e. The summed E-state index contributed by atoms with van der Waals surface area (Å²) in [5.41, 5.74) is 0. The van der Waals surface area contributed by atoms with Crippen molar-refractivity contribution in [1.82, 2.24) is 19.9 Å². The van der Waals surface area contributed by atoms with E-state index in [4.69, 9.17) is 4.42 Å². The lowest BCUT2D eigenvalue weighted by Crippen LogP contribution is -2.52. The molecule has 0 bridgehead atoms. The van der Waals surface area contributed by atoms with E-state index in [-0.39, 0.29) is 42.3 Å². The molecule has 1 aliphatic heterocycles. The summed E-state index contributed by atoms with van der Waals surface area (Å²) in [6, 6.07) is 5.03. The van der Waals surface area contributed by atoms with Gasteiger partial charge in [0.1, 0.15) is 15.9 Å². The Kier molecular flexibility index (Phi) is 8.40. The molecule has 0 saturated carbocycles. The number of sulfone groups is 1. The maximum Gasteiger partial charge on any atom is 0.287 e. The highest BCUT2D eigenvalue weighted by molar-refractivity contribution is 7.90. The molecule has 2 amide bonds. The Morgan fingerprint density at radius 1 is 1.20 bits per heavy atom. The largest absolute Gasteiger partial charge is 0.459 e. The second-order valence-corrected chi connectivity index (χ2v) is 12.2. The third-order valence-corrected chi connectivity index (χ3v) is 8.06. The van der Waals surface area contributed by atoms with Crippen molar-refractivity contribution in [2.75, 3.05) is 25.1 Å². The molecule has 0 spiro atoms. The number of rotatable bonds is 9. The summed E-state index contributed by atoms with van der Waals surface area (Å²) >= 11 is 0. The molecule has 0 aromatic carbocycles. The molecule has 2 N–H and O–H groups in total. The van der Waals surface area contributed by atoms with Gasteiger partial charge in [-0.05, 0) is 43.5 Å². The first-order valence-corrected chi connectivity index (χ1v) is 14.2. The lowest BCUT2D eigenvalue weighted by Gasteiger charge is -2.22. The average Bonchev–Trinajstić information content (AvgIpc) is 3.28. The van der Waals surface area contributed by atoms with Crippen molar-refractivity contribution >= 4 is 37.5 Å². The number of nitrogens with zero attached hydrogens (tertiary/aromatic N) is 2. The fourth-order valence-electron chi connectivity index (χ4n) is 3.50. The minimum atomic E-state index is -4.00. The molecule has 3 heterocycles. The average molecular weight is 527 g/mol. The number of nitrogens with one attached hydrogen (secondary N) is 2. The van der Waals surface area contributed by atoms with Crippen LogP contribution in [0.25, 0.3) is 0 Å². The number of ketones is 1. The number of furan rings is 1. The molecule has 190 valence electrons. The minimum absolute atomic E-state index is 0.0593. The van der Waals surface area contributed by atoms with E-state index in [1.54, 1.807) is 6.07 Å². The highest BCUT2D eigenvalue weighted by Gasteiger charge is 2.35. The number of hydrogen-bond donors (Lipinski definition) is 2. The molecular weight excluding hydrogens is 500 g/mol. The van der Waals surface area contributed by atoms with Crippen LogP contribution in [0.4, 0.5) is 0 Å². The molecular formula is C21H26N4O8S2. The lowest BCUT2D eigenvalue weighted by molar-refractivity contribution is -0.128. The Hall–Kier alpha value is -3.10. The molecule has 2 aromatic heterocycles. The molecule has 12 nitrogen and oxygen atoms in total. The van der Waals surface area contributed by atoms with Gasteiger partial charge in [0.25, 0.3) is 15.9 Å². The fourth-order valence-corrected chi connectivity index (χ4v) is 5.54. The van der Waals surface area contributed by atoms with Crippen LogP contribution in [0.2, 0.25) is 0 Å². The van der Waals surface area contributed by atoms with Gasteiger partial charge in [0.05, 0.1) is 24.6 Å². The number of aromatic nitrogens is 1. The standard InChI is InChI=1S/C21H26N4O8S2/c1-34(29,30)13-9-16(24-21(28)18-7-5-12-33-18)20(27)23-15-6-4-11-25(14-17(15)26)35(31,32)19-8-2-3-10-22-19/h2-3,5,7-8,10,12,15-16H,4,6,9,11,13-14H2,1H3,(H,23,27)(H,24,28)/t15?,16-/m0/s1. The van der Waals surface area contributed by atoms with E-state index < -0.39 is 56.1 Å². The summed E-state index contributed by atoms with van der Waals surface area (Å²) < 4.78 is 55.0. The third kappa shape index (κ3) is 7.19. The van der Waals surface area contributed by atoms with Crippen LogP contribution in [0.15, 0.2) is 52.2 Å². The zero-order valence-electron chi connectivity index (χ0n) is 18.9. The number of sulfonamides is 1. The van der Waals surface area contributed by atoms with Crippen LogP contribution in [0.1, 0.15) is 29.8 Å². The third-order valence-electron chi connectivity index (χ3n) is 5.32. The van der Waals surface area contributed by atoms with Gasteiger partial charge in [-0.3, -0.25) is 14.4 Å². The van der Waals surface area contributed by atoms with Gasteiger partial charge >= 0.3 is 0 Å². The molecule has 1 saturated heterocycles. The first-order valence-electron chi connectivity index (χ1n) is 10.7. The molecule has 14 heteroatoms. The van der Waals surface area contributed by atoms with Crippen LogP contribution in [0.5, 0.6) is 0 Å². The second kappa shape index (κ2) is 11.1. The summed E-state index contributed by atoms with van der Waals surface area (Å²) in [5, 5.41) is 4.79. The van der Waals surface area contributed by atoms with Crippen molar-refractivity contribution in [2.45, 2.75) is 36.4 Å². The number of Topliss-reactive ketones (excluding diaryl/α,β-unsaturated/α-hetero) is 1. The van der Waals surface area contributed by atoms with E-state index in [0.29, 0.717) is 0 Å². The van der Waals surface area contributed by atoms with Gasteiger partial charge in [0, 0.05) is 19.0 Å². The van der Waals surface area contributed by atoms with E-state index in [0.717, 1.165) is 10.6 Å². The predicted molar refractivity (Wildman–Crippen MR) is 123 cm³/mol. The Balaban J connectivity index is 1.70. The minimum Gasteiger partial charge on any atom is -0.459 e. The van der Waals surface area contributed by atoms with Crippen molar-refractivity contribution in [1.29, 1.82) is 0 Å². The summed E-state index contributed by atoms with van der Waals surface area (Å²) in [5.74, 6) is -2.45. The van der Waals surface area contributed by atoms with Crippen LogP contribution in [0.3, 0.4) is 0 Å². The molecule has 1 unspecified atom stereocenters. The monoisotopic (exact) mass is 526 g/mol. The van der Waals surface area contributed by atoms with Crippen molar-refractivity contribution in [3.8, 4) is 0 Å². The molecule has 2 aromatic rings. The molecule has 0 aliphatic carbocycles. The fraction of sp³-hybridized carbons (Fsp3) is 0.429. The van der Waals surface area contributed by atoms with Crippen LogP contribution in [-0.4, -0.2) is 80.9 Å². The van der Waals surface area contributed by atoms with Gasteiger partial charge in [-0.2, -0.15) is 4.31 Å². The van der Waals surface area contributed by atoms with Crippen LogP contribution in [-0.2, 0) is 29.4 Å². The number of amides is 2. The van der Waals surface area contributed by atoms with Crippen molar-refractivity contribution in [3.63, 3.8) is 0 Å². The Labute approximate surface area is 203 Å². The van der Waals surface area contributed by atoms with E-state index in [1.807, 2.05) is 0 Å². The Morgan fingerprint density at radius 2 is 1.97 bits per heavy atom. The SMILES string of the molecule is CS(=O)(=O)CC[C@H](NC(=O)c1ccco1)C(=O)NC1CCCN(S(=O)(=O)c2ccccn2)CC1=O. The normalized spacial score (nSPS) is 18.4. The molecule has 2 atom stereocenters. The maximum atomic E-state index is 12.9. The highest BCUT2D eigenvalue weighted by Crippen LogP contribution is 2.18. The first kappa shape index (κ1) is 26.5. The predicted octanol–water partition coefficient (Wildman–Crippen LogP) is -0.254. The van der Waals surface area contributed by atoms with Gasteiger partial charge in [-0.15, -0.1) is 0 Å². The van der Waals surface area contributed by atoms with Crippen LogP contribution in [0, 0.1) is 0 Å². The molecule has 3 rings (SSSR count). The van der Waals surface area contributed by atoms with Crippen molar-refractivity contribution in [2.24, 2.45) is 0 Å². The molecule has 0 radical (unpaired) electrons.